The van der Waals surface area contributed by atoms with Crippen molar-refractivity contribution in [1.29, 1.82) is 0 Å². The van der Waals surface area contributed by atoms with Gasteiger partial charge in [-0.2, -0.15) is 4.31 Å². The lowest BCUT2D eigenvalue weighted by Crippen LogP contribution is -2.39. The average Bonchev–Trinajstić information content (AvgIpc) is 2.78. The van der Waals surface area contributed by atoms with Gasteiger partial charge in [0.1, 0.15) is 0 Å². The van der Waals surface area contributed by atoms with Gasteiger partial charge in [0.25, 0.3) is 10.0 Å². The fourth-order valence-corrected chi connectivity index (χ4v) is 4.61. The molecule has 98 valence electrons. The van der Waals surface area contributed by atoms with Gasteiger partial charge in [-0.25, -0.2) is 23.2 Å². The Morgan fingerprint density at radius 1 is 1.50 bits per heavy atom. The second-order valence-electron chi connectivity index (χ2n) is 4.05. The Hall–Kier alpha value is -1.08. The third-order valence-corrected chi connectivity index (χ3v) is 6.10. The highest BCUT2D eigenvalue weighted by Crippen LogP contribution is 2.25. The summed E-state index contributed by atoms with van der Waals surface area (Å²) in [5.41, 5.74) is 0. The van der Waals surface area contributed by atoms with E-state index >= 15 is 0 Å². The second-order valence-corrected chi connectivity index (χ2v) is 7.45. The van der Waals surface area contributed by atoms with E-state index in [1.54, 1.807) is 6.92 Å². The van der Waals surface area contributed by atoms with E-state index in [2.05, 4.69) is 9.98 Å². The average molecular weight is 287 g/mol. The number of nitrogens with zero attached hydrogens (tertiary/aromatic N) is 3. The Morgan fingerprint density at radius 2 is 2.17 bits per heavy atom. The Bertz CT molecular complexity index is 567. The normalized spacial score (nSPS) is 18.5. The standard InChI is InChI=1S/C10H13N3O3S2/c1-8-11-6-10(17-8)18(15,16)13-4-2-9(3-5-13)12-7-14/h6,9H,2-5H2,1H3. The van der Waals surface area contributed by atoms with Gasteiger partial charge in [-0.3, -0.25) is 0 Å². The first-order valence-corrected chi connectivity index (χ1v) is 7.79. The fraction of sp³-hybridized carbons (Fsp3) is 0.600. The molecule has 0 aromatic carbocycles. The second kappa shape index (κ2) is 5.27. The van der Waals surface area contributed by atoms with Crippen LogP contribution in [0, 0.1) is 6.92 Å². The van der Waals surface area contributed by atoms with Crippen molar-refractivity contribution in [3.05, 3.63) is 11.2 Å². The Kier molecular flexibility index (Phi) is 3.91. The van der Waals surface area contributed by atoms with Crippen LogP contribution in [0.3, 0.4) is 0 Å². The minimum atomic E-state index is -3.43. The van der Waals surface area contributed by atoms with Gasteiger partial charge in [0, 0.05) is 13.1 Å². The monoisotopic (exact) mass is 287 g/mol. The first-order chi connectivity index (χ1) is 8.54. The number of rotatable bonds is 3. The van der Waals surface area contributed by atoms with Crippen LogP contribution in [-0.4, -0.2) is 42.9 Å². The van der Waals surface area contributed by atoms with Crippen LogP contribution in [0.2, 0.25) is 0 Å². The van der Waals surface area contributed by atoms with E-state index in [0.717, 1.165) is 5.01 Å². The molecule has 0 N–H and O–H groups in total. The summed E-state index contributed by atoms with van der Waals surface area (Å²) in [6.07, 6.45) is 4.04. The van der Waals surface area contributed by atoms with Gasteiger partial charge in [0.05, 0.1) is 17.2 Å². The van der Waals surface area contributed by atoms with Crippen LogP contribution in [-0.2, 0) is 14.8 Å². The van der Waals surface area contributed by atoms with E-state index in [4.69, 9.17) is 0 Å². The molecule has 1 aromatic rings. The highest BCUT2D eigenvalue weighted by atomic mass is 32.2. The van der Waals surface area contributed by atoms with E-state index in [9.17, 15) is 13.2 Å². The smallest absolute Gasteiger partial charge is 0.249 e. The quantitative estimate of drug-likeness (QED) is 0.612. The van der Waals surface area contributed by atoms with Gasteiger partial charge < -0.3 is 0 Å². The molecule has 0 spiro atoms. The zero-order chi connectivity index (χ0) is 13.2. The van der Waals surface area contributed by atoms with E-state index in [0.29, 0.717) is 25.9 Å². The molecule has 1 saturated heterocycles. The van der Waals surface area contributed by atoms with Gasteiger partial charge in [-0.15, -0.1) is 11.3 Å². The molecule has 0 saturated carbocycles. The van der Waals surface area contributed by atoms with E-state index in [1.807, 2.05) is 0 Å². The van der Waals surface area contributed by atoms with E-state index < -0.39 is 10.0 Å². The molecule has 0 aliphatic carbocycles. The summed E-state index contributed by atoms with van der Waals surface area (Å²) < 4.78 is 26.2. The van der Waals surface area contributed by atoms with Gasteiger partial charge in [0.15, 0.2) is 4.21 Å². The topological polar surface area (TPSA) is 79.7 Å². The van der Waals surface area contributed by atoms with Crippen LogP contribution in [0.15, 0.2) is 15.4 Å². The molecule has 0 unspecified atom stereocenters. The molecule has 1 aliphatic heterocycles. The van der Waals surface area contributed by atoms with Crippen LogP contribution < -0.4 is 0 Å². The minimum absolute atomic E-state index is 0.0999. The molecule has 0 radical (unpaired) electrons. The van der Waals surface area contributed by atoms with Crippen molar-refractivity contribution in [1.82, 2.24) is 9.29 Å². The lowest BCUT2D eigenvalue weighted by molar-refractivity contribution is 0.321. The van der Waals surface area contributed by atoms with E-state index in [-0.39, 0.29) is 10.3 Å². The number of thiazole rings is 1. The SMILES string of the molecule is Cc1ncc(S(=O)(=O)N2CCC(N=C=O)CC2)s1. The number of piperidine rings is 1. The number of sulfonamides is 1. The van der Waals surface area contributed by atoms with Crippen LogP contribution in [0.4, 0.5) is 0 Å². The number of aromatic nitrogens is 1. The lowest BCUT2D eigenvalue weighted by atomic mass is 10.1. The first-order valence-electron chi connectivity index (χ1n) is 5.53. The first kappa shape index (κ1) is 13.4. The zero-order valence-corrected chi connectivity index (χ0v) is 11.5. The van der Waals surface area contributed by atoms with Crippen molar-refractivity contribution < 1.29 is 13.2 Å². The van der Waals surface area contributed by atoms with Gasteiger partial charge in [-0.05, 0) is 19.8 Å². The Labute approximate surface area is 109 Å². The molecule has 1 fully saturated rings. The fourth-order valence-electron chi connectivity index (χ4n) is 1.87. The highest BCUT2D eigenvalue weighted by molar-refractivity contribution is 7.91. The van der Waals surface area contributed by atoms with Gasteiger partial charge in [-0.1, -0.05) is 0 Å². The van der Waals surface area contributed by atoms with Crippen molar-refractivity contribution in [3.8, 4) is 0 Å². The van der Waals surface area contributed by atoms with E-state index in [1.165, 1.54) is 27.9 Å². The number of aryl methyl sites for hydroxylation is 1. The summed E-state index contributed by atoms with van der Waals surface area (Å²) in [5.74, 6) is 0. The predicted molar refractivity (Wildman–Crippen MR) is 66.8 cm³/mol. The summed E-state index contributed by atoms with van der Waals surface area (Å²) in [6.45, 7) is 2.54. The molecule has 0 amide bonds. The van der Waals surface area contributed by atoms with Crippen molar-refractivity contribution in [3.63, 3.8) is 0 Å². The molecule has 6 nitrogen and oxygen atoms in total. The third kappa shape index (κ3) is 2.67. The minimum Gasteiger partial charge on any atom is -0.249 e. The maximum Gasteiger partial charge on any atom is 0.254 e. The zero-order valence-electron chi connectivity index (χ0n) is 9.87. The lowest BCUT2D eigenvalue weighted by Gasteiger charge is -2.28. The summed E-state index contributed by atoms with van der Waals surface area (Å²) in [7, 11) is -3.43. The van der Waals surface area contributed by atoms with Crippen molar-refractivity contribution in [2.45, 2.75) is 30.0 Å². The van der Waals surface area contributed by atoms with Crippen molar-refractivity contribution in [2.24, 2.45) is 4.99 Å². The van der Waals surface area contributed by atoms with Gasteiger partial charge in [0.2, 0.25) is 6.08 Å². The molecule has 2 rings (SSSR count). The summed E-state index contributed by atoms with van der Waals surface area (Å²) in [5, 5.41) is 0.731. The van der Waals surface area contributed by atoms with Crippen LogP contribution in [0.5, 0.6) is 0 Å². The van der Waals surface area contributed by atoms with Crippen LogP contribution in [0.25, 0.3) is 0 Å². The maximum absolute atomic E-state index is 12.3. The number of hydrogen-bond donors (Lipinski definition) is 0. The summed E-state index contributed by atoms with van der Waals surface area (Å²) in [4.78, 5) is 17.8. The predicted octanol–water partition coefficient (Wildman–Crippen LogP) is 0.940. The van der Waals surface area contributed by atoms with Crippen LogP contribution in [0.1, 0.15) is 17.8 Å². The van der Waals surface area contributed by atoms with Gasteiger partial charge >= 0.3 is 0 Å². The molecule has 0 atom stereocenters. The number of carbonyl (C=O) groups excluding carboxylic acids is 1. The third-order valence-electron chi connectivity index (χ3n) is 2.85. The molecular weight excluding hydrogens is 274 g/mol. The molecule has 2 heterocycles. The molecule has 0 bridgehead atoms. The number of hydrogen-bond acceptors (Lipinski definition) is 6. The van der Waals surface area contributed by atoms with Crippen molar-refractivity contribution in [2.75, 3.05) is 13.1 Å². The summed E-state index contributed by atoms with van der Waals surface area (Å²) in [6, 6.07) is -0.0999. The molecular formula is C10H13N3O3S2. The summed E-state index contributed by atoms with van der Waals surface area (Å²) >= 11 is 1.17. The molecule has 1 aliphatic rings. The van der Waals surface area contributed by atoms with Crippen molar-refractivity contribution >= 4 is 27.4 Å². The Balaban J connectivity index is 2.11. The molecule has 18 heavy (non-hydrogen) atoms. The number of aliphatic imine (C=N–C) groups is 1. The van der Waals surface area contributed by atoms with Crippen LogP contribution >= 0.6 is 11.3 Å². The molecule has 8 heteroatoms. The highest BCUT2D eigenvalue weighted by Gasteiger charge is 2.30. The maximum atomic E-state index is 12.3. The number of isocyanates is 1. The largest absolute Gasteiger partial charge is 0.254 e. The Morgan fingerprint density at radius 3 is 2.67 bits per heavy atom. The molecule has 1 aromatic heterocycles.